The number of nitrogens with zero attached hydrogens (tertiary/aromatic N) is 1. The number of likely N-dealkylation sites (tertiary alicyclic amines) is 1. The van der Waals surface area contributed by atoms with Gasteiger partial charge < -0.3 is 9.64 Å². The van der Waals surface area contributed by atoms with Crippen LogP contribution in [0.4, 0.5) is 0 Å². The van der Waals surface area contributed by atoms with E-state index in [1.54, 1.807) is 7.11 Å². The molecule has 0 saturated carbocycles. The van der Waals surface area contributed by atoms with Crippen LogP contribution in [-0.2, 0) is 11.2 Å². The lowest BCUT2D eigenvalue weighted by Crippen LogP contribution is -2.29. The van der Waals surface area contributed by atoms with Gasteiger partial charge in [0.25, 0.3) is 0 Å². The SMILES string of the molecule is COc1cc(Br)ccc1CC(=O)N1CCCC1. The Labute approximate surface area is 110 Å². The normalized spacial score (nSPS) is 15.1. The van der Waals surface area contributed by atoms with Crippen LogP contribution in [-0.4, -0.2) is 31.0 Å². The molecular weight excluding hydrogens is 282 g/mol. The quantitative estimate of drug-likeness (QED) is 0.858. The largest absolute Gasteiger partial charge is 0.496 e. The zero-order valence-electron chi connectivity index (χ0n) is 9.91. The fraction of sp³-hybridized carbons (Fsp3) is 0.462. The molecule has 1 fully saturated rings. The molecule has 1 amide bonds. The number of methoxy groups -OCH3 is 1. The molecule has 1 saturated heterocycles. The summed E-state index contributed by atoms with van der Waals surface area (Å²) in [5.74, 6) is 0.968. The molecule has 0 radical (unpaired) electrons. The topological polar surface area (TPSA) is 29.5 Å². The molecule has 2 rings (SSSR count). The summed E-state index contributed by atoms with van der Waals surface area (Å²) in [5, 5.41) is 0. The van der Waals surface area contributed by atoms with Crippen LogP contribution in [0.15, 0.2) is 22.7 Å². The van der Waals surface area contributed by atoms with Crippen LogP contribution in [0.3, 0.4) is 0 Å². The van der Waals surface area contributed by atoms with Crippen LogP contribution in [0.5, 0.6) is 5.75 Å². The Balaban J connectivity index is 2.09. The van der Waals surface area contributed by atoms with E-state index in [1.807, 2.05) is 23.1 Å². The van der Waals surface area contributed by atoms with Gasteiger partial charge in [0.1, 0.15) is 5.75 Å². The second-order valence-corrected chi connectivity index (χ2v) is 5.14. The van der Waals surface area contributed by atoms with E-state index in [4.69, 9.17) is 4.74 Å². The summed E-state index contributed by atoms with van der Waals surface area (Å²) in [5.41, 5.74) is 0.951. The monoisotopic (exact) mass is 297 g/mol. The molecule has 0 atom stereocenters. The molecule has 1 heterocycles. The molecule has 0 aromatic heterocycles. The van der Waals surface area contributed by atoms with Crippen molar-refractivity contribution in [2.24, 2.45) is 0 Å². The fourth-order valence-electron chi connectivity index (χ4n) is 2.11. The van der Waals surface area contributed by atoms with Gasteiger partial charge in [-0.3, -0.25) is 4.79 Å². The number of carbonyl (C=O) groups is 1. The van der Waals surface area contributed by atoms with E-state index in [0.717, 1.165) is 41.7 Å². The number of carbonyl (C=O) groups excluding carboxylic acids is 1. The third-order valence-corrected chi connectivity index (χ3v) is 3.54. The van der Waals surface area contributed by atoms with E-state index in [9.17, 15) is 4.79 Å². The average Bonchev–Trinajstić information content (AvgIpc) is 2.85. The van der Waals surface area contributed by atoms with Gasteiger partial charge in [0.05, 0.1) is 13.5 Å². The van der Waals surface area contributed by atoms with Gasteiger partial charge in [-0.15, -0.1) is 0 Å². The Morgan fingerprint density at radius 1 is 1.41 bits per heavy atom. The molecule has 0 N–H and O–H groups in total. The smallest absolute Gasteiger partial charge is 0.227 e. The maximum Gasteiger partial charge on any atom is 0.227 e. The molecule has 1 aliphatic rings. The summed E-state index contributed by atoms with van der Waals surface area (Å²) in [6, 6.07) is 5.78. The van der Waals surface area contributed by atoms with E-state index in [-0.39, 0.29) is 5.91 Å². The Bertz CT molecular complexity index is 414. The van der Waals surface area contributed by atoms with Crippen molar-refractivity contribution in [2.75, 3.05) is 20.2 Å². The van der Waals surface area contributed by atoms with E-state index in [1.165, 1.54) is 0 Å². The number of rotatable bonds is 3. The van der Waals surface area contributed by atoms with Crippen molar-refractivity contribution < 1.29 is 9.53 Å². The highest BCUT2D eigenvalue weighted by molar-refractivity contribution is 9.10. The molecule has 0 unspecified atom stereocenters. The molecule has 3 nitrogen and oxygen atoms in total. The van der Waals surface area contributed by atoms with Crippen molar-refractivity contribution in [2.45, 2.75) is 19.3 Å². The van der Waals surface area contributed by atoms with Crippen molar-refractivity contribution in [3.63, 3.8) is 0 Å². The van der Waals surface area contributed by atoms with E-state index < -0.39 is 0 Å². The molecule has 4 heteroatoms. The Hall–Kier alpha value is -1.03. The molecule has 17 heavy (non-hydrogen) atoms. The van der Waals surface area contributed by atoms with Crippen LogP contribution < -0.4 is 4.74 Å². The highest BCUT2D eigenvalue weighted by atomic mass is 79.9. The molecule has 1 aromatic rings. The Kier molecular flexibility index (Phi) is 4.05. The van der Waals surface area contributed by atoms with Crippen LogP contribution in [0.2, 0.25) is 0 Å². The predicted molar refractivity (Wildman–Crippen MR) is 70.2 cm³/mol. The lowest BCUT2D eigenvalue weighted by Gasteiger charge is -2.16. The number of hydrogen-bond donors (Lipinski definition) is 0. The first-order valence-corrected chi connectivity index (χ1v) is 6.60. The molecular formula is C13H16BrNO2. The van der Waals surface area contributed by atoms with Crippen LogP contribution in [0.25, 0.3) is 0 Å². The summed E-state index contributed by atoms with van der Waals surface area (Å²) in [4.78, 5) is 14.0. The number of amides is 1. The first-order chi connectivity index (χ1) is 8.20. The van der Waals surface area contributed by atoms with Gasteiger partial charge in [0, 0.05) is 23.1 Å². The number of hydrogen-bond acceptors (Lipinski definition) is 2. The van der Waals surface area contributed by atoms with Crippen molar-refractivity contribution >= 4 is 21.8 Å². The van der Waals surface area contributed by atoms with Gasteiger partial charge >= 0.3 is 0 Å². The maximum atomic E-state index is 12.0. The van der Waals surface area contributed by atoms with Gasteiger partial charge in [-0.2, -0.15) is 0 Å². The van der Waals surface area contributed by atoms with Gasteiger partial charge in [0.2, 0.25) is 5.91 Å². The fourth-order valence-corrected chi connectivity index (χ4v) is 2.45. The second-order valence-electron chi connectivity index (χ2n) is 4.22. The zero-order valence-corrected chi connectivity index (χ0v) is 11.5. The lowest BCUT2D eigenvalue weighted by atomic mass is 10.1. The molecule has 0 spiro atoms. The third kappa shape index (κ3) is 3.00. The second kappa shape index (κ2) is 5.54. The van der Waals surface area contributed by atoms with E-state index in [2.05, 4.69) is 15.9 Å². The minimum absolute atomic E-state index is 0.197. The first-order valence-electron chi connectivity index (χ1n) is 5.81. The minimum Gasteiger partial charge on any atom is -0.496 e. The summed E-state index contributed by atoms with van der Waals surface area (Å²) in [6.45, 7) is 1.80. The Morgan fingerprint density at radius 3 is 2.76 bits per heavy atom. The predicted octanol–water partition coefficient (Wildman–Crippen LogP) is 2.62. The average molecular weight is 298 g/mol. The van der Waals surface area contributed by atoms with Crippen molar-refractivity contribution in [3.05, 3.63) is 28.2 Å². The Morgan fingerprint density at radius 2 is 2.12 bits per heavy atom. The maximum absolute atomic E-state index is 12.0. The van der Waals surface area contributed by atoms with Gasteiger partial charge in [0.15, 0.2) is 0 Å². The summed E-state index contributed by atoms with van der Waals surface area (Å²) < 4.78 is 6.25. The standard InChI is InChI=1S/C13H16BrNO2/c1-17-12-9-11(14)5-4-10(12)8-13(16)15-6-2-3-7-15/h4-5,9H,2-3,6-8H2,1H3. The molecule has 0 aliphatic carbocycles. The molecule has 1 aromatic carbocycles. The summed E-state index contributed by atoms with van der Waals surface area (Å²) in [7, 11) is 1.63. The van der Waals surface area contributed by atoms with E-state index >= 15 is 0 Å². The van der Waals surface area contributed by atoms with Crippen LogP contribution >= 0.6 is 15.9 Å². The first kappa shape index (κ1) is 12.4. The van der Waals surface area contributed by atoms with Crippen LogP contribution in [0.1, 0.15) is 18.4 Å². The highest BCUT2D eigenvalue weighted by Crippen LogP contribution is 2.24. The van der Waals surface area contributed by atoms with Gasteiger partial charge in [-0.1, -0.05) is 22.0 Å². The van der Waals surface area contributed by atoms with Crippen LogP contribution in [0, 0.1) is 0 Å². The van der Waals surface area contributed by atoms with Gasteiger partial charge in [-0.05, 0) is 25.0 Å². The highest BCUT2D eigenvalue weighted by Gasteiger charge is 2.19. The van der Waals surface area contributed by atoms with Crippen molar-refractivity contribution in [3.8, 4) is 5.75 Å². The minimum atomic E-state index is 0.197. The number of halogens is 1. The molecule has 0 bridgehead atoms. The van der Waals surface area contributed by atoms with Gasteiger partial charge in [-0.25, -0.2) is 0 Å². The zero-order chi connectivity index (χ0) is 12.3. The number of ether oxygens (including phenoxy) is 1. The summed E-state index contributed by atoms with van der Waals surface area (Å²) in [6.07, 6.45) is 2.68. The summed E-state index contributed by atoms with van der Waals surface area (Å²) >= 11 is 3.39. The van der Waals surface area contributed by atoms with Crippen molar-refractivity contribution in [1.82, 2.24) is 4.90 Å². The number of benzene rings is 1. The third-order valence-electron chi connectivity index (χ3n) is 3.05. The lowest BCUT2D eigenvalue weighted by molar-refractivity contribution is -0.129. The van der Waals surface area contributed by atoms with Crippen molar-refractivity contribution in [1.29, 1.82) is 0 Å². The molecule has 92 valence electrons. The molecule has 1 aliphatic heterocycles. The van der Waals surface area contributed by atoms with E-state index in [0.29, 0.717) is 6.42 Å².